The number of carboxylic acids is 1. The molecule has 0 radical (unpaired) electrons. The van der Waals surface area contributed by atoms with Gasteiger partial charge < -0.3 is 10.4 Å². The van der Waals surface area contributed by atoms with E-state index in [1.807, 2.05) is 6.92 Å². The first kappa shape index (κ1) is 14.1. The van der Waals surface area contributed by atoms with Gasteiger partial charge in [0.15, 0.2) is 5.69 Å². The second kappa shape index (κ2) is 5.34. The zero-order valence-electron chi connectivity index (χ0n) is 10.8. The smallest absolute Gasteiger partial charge is 0.357 e. The third-order valence-corrected chi connectivity index (χ3v) is 2.96. The molecular formula is C13H12ClN3O3. The van der Waals surface area contributed by atoms with Crippen molar-refractivity contribution >= 4 is 29.2 Å². The fraction of sp³-hybridized carbons (Fsp3) is 0.154. The average molecular weight is 294 g/mol. The molecule has 1 aromatic heterocycles. The first-order valence-electron chi connectivity index (χ1n) is 5.73. The Bertz CT molecular complexity index is 694. The third kappa shape index (κ3) is 2.80. The van der Waals surface area contributed by atoms with Crippen molar-refractivity contribution in [1.82, 2.24) is 9.78 Å². The lowest BCUT2D eigenvalue weighted by Gasteiger charge is -2.08. The summed E-state index contributed by atoms with van der Waals surface area (Å²) >= 11 is 5.87. The monoisotopic (exact) mass is 293 g/mol. The summed E-state index contributed by atoms with van der Waals surface area (Å²) in [5.74, 6) is -1.79. The molecule has 0 aliphatic heterocycles. The number of anilines is 1. The van der Waals surface area contributed by atoms with E-state index in [0.717, 1.165) is 5.56 Å². The van der Waals surface area contributed by atoms with E-state index in [9.17, 15) is 9.59 Å². The van der Waals surface area contributed by atoms with Crippen molar-refractivity contribution in [2.75, 3.05) is 5.32 Å². The fourth-order valence-electron chi connectivity index (χ4n) is 1.73. The Kier molecular flexibility index (Phi) is 3.76. The molecule has 1 aromatic carbocycles. The normalized spacial score (nSPS) is 10.3. The zero-order chi connectivity index (χ0) is 14.9. The lowest BCUT2D eigenvalue weighted by molar-refractivity contribution is 0.0685. The minimum Gasteiger partial charge on any atom is -0.476 e. The van der Waals surface area contributed by atoms with Gasteiger partial charge in [-0.3, -0.25) is 9.48 Å². The SMILES string of the molecule is Cc1ccc(Cl)cc1NC(=O)c1cn(C)nc1C(=O)O. The number of halogens is 1. The first-order valence-corrected chi connectivity index (χ1v) is 6.10. The van der Waals surface area contributed by atoms with E-state index in [-0.39, 0.29) is 11.3 Å². The van der Waals surface area contributed by atoms with Gasteiger partial charge in [-0.25, -0.2) is 4.79 Å². The summed E-state index contributed by atoms with van der Waals surface area (Å²) in [5, 5.41) is 15.9. The molecule has 0 aliphatic rings. The van der Waals surface area contributed by atoms with Crippen molar-refractivity contribution in [3.05, 3.63) is 46.2 Å². The Balaban J connectivity index is 2.33. The van der Waals surface area contributed by atoms with Crippen molar-refractivity contribution in [1.29, 1.82) is 0 Å². The highest BCUT2D eigenvalue weighted by Gasteiger charge is 2.21. The van der Waals surface area contributed by atoms with E-state index >= 15 is 0 Å². The van der Waals surface area contributed by atoms with Crippen LogP contribution in [0.5, 0.6) is 0 Å². The van der Waals surface area contributed by atoms with E-state index in [0.29, 0.717) is 10.7 Å². The predicted octanol–water partition coefficient (Wildman–Crippen LogP) is 2.33. The summed E-state index contributed by atoms with van der Waals surface area (Å²) < 4.78 is 1.28. The standard InChI is InChI=1S/C13H12ClN3O3/c1-7-3-4-8(14)5-10(7)15-12(18)9-6-17(2)16-11(9)13(19)20/h3-6H,1-2H3,(H,15,18)(H,19,20). The summed E-state index contributed by atoms with van der Waals surface area (Å²) in [5.41, 5.74) is 1.07. The van der Waals surface area contributed by atoms with Crippen LogP contribution in [-0.2, 0) is 7.05 Å². The van der Waals surface area contributed by atoms with Gasteiger partial charge in [0, 0.05) is 24.0 Å². The number of hydrogen-bond acceptors (Lipinski definition) is 3. The summed E-state index contributed by atoms with van der Waals surface area (Å²) in [6, 6.07) is 5.07. The van der Waals surface area contributed by atoms with E-state index in [1.54, 1.807) is 25.2 Å². The molecule has 0 bridgehead atoms. The molecule has 2 rings (SSSR count). The van der Waals surface area contributed by atoms with Gasteiger partial charge in [-0.1, -0.05) is 17.7 Å². The number of hydrogen-bond donors (Lipinski definition) is 2. The molecule has 1 amide bonds. The number of rotatable bonds is 3. The number of aryl methyl sites for hydroxylation is 2. The van der Waals surface area contributed by atoms with Crippen LogP contribution in [0.15, 0.2) is 24.4 Å². The number of carbonyl (C=O) groups is 2. The topological polar surface area (TPSA) is 84.2 Å². The van der Waals surface area contributed by atoms with Crippen molar-refractivity contribution in [3.63, 3.8) is 0 Å². The van der Waals surface area contributed by atoms with Crippen LogP contribution in [-0.4, -0.2) is 26.8 Å². The Hall–Kier alpha value is -2.34. The molecule has 0 saturated heterocycles. The van der Waals surface area contributed by atoms with Gasteiger partial charge in [0.1, 0.15) is 0 Å². The highest BCUT2D eigenvalue weighted by Crippen LogP contribution is 2.21. The third-order valence-electron chi connectivity index (χ3n) is 2.72. The van der Waals surface area contributed by atoms with Crippen LogP contribution in [0.4, 0.5) is 5.69 Å². The average Bonchev–Trinajstić information content (AvgIpc) is 2.76. The van der Waals surface area contributed by atoms with Gasteiger partial charge in [0.2, 0.25) is 0 Å². The molecule has 6 nitrogen and oxygen atoms in total. The summed E-state index contributed by atoms with van der Waals surface area (Å²) in [7, 11) is 1.55. The molecule has 104 valence electrons. The molecular weight excluding hydrogens is 282 g/mol. The molecule has 2 N–H and O–H groups in total. The lowest BCUT2D eigenvalue weighted by atomic mass is 10.2. The molecule has 0 aliphatic carbocycles. The summed E-state index contributed by atoms with van der Waals surface area (Å²) in [4.78, 5) is 23.2. The Morgan fingerprint density at radius 2 is 2.10 bits per heavy atom. The predicted molar refractivity (Wildman–Crippen MR) is 74.3 cm³/mol. The van der Waals surface area contributed by atoms with Gasteiger partial charge in [0.05, 0.1) is 5.56 Å². The number of nitrogens with zero attached hydrogens (tertiary/aromatic N) is 2. The van der Waals surface area contributed by atoms with Crippen molar-refractivity contribution in [2.24, 2.45) is 7.05 Å². The van der Waals surface area contributed by atoms with E-state index in [2.05, 4.69) is 10.4 Å². The highest BCUT2D eigenvalue weighted by molar-refractivity contribution is 6.31. The number of aromatic carboxylic acids is 1. The van der Waals surface area contributed by atoms with Crippen molar-refractivity contribution in [3.8, 4) is 0 Å². The van der Waals surface area contributed by atoms with Gasteiger partial charge in [0.25, 0.3) is 5.91 Å². The van der Waals surface area contributed by atoms with Gasteiger partial charge in [-0.2, -0.15) is 5.10 Å². The molecule has 20 heavy (non-hydrogen) atoms. The molecule has 0 unspecified atom stereocenters. The van der Waals surface area contributed by atoms with E-state index in [1.165, 1.54) is 10.9 Å². The molecule has 7 heteroatoms. The second-order valence-electron chi connectivity index (χ2n) is 4.28. The second-order valence-corrected chi connectivity index (χ2v) is 4.72. The quantitative estimate of drug-likeness (QED) is 0.909. The first-order chi connectivity index (χ1) is 9.38. The molecule has 1 heterocycles. The minimum atomic E-state index is -1.25. The van der Waals surface area contributed by atoms with Crippen LogP contribution in [0.2, 0.25) is 5.02 Å². The number of aromatic nitrogens is 2. The lowest BCUT2D eigenvalue weighted by Crippen LogP contribution is -2.16. The van der Waals surface area contributed by atoms with Crippen LogP contribution in [0.3, 0.4) is 0 Å². The molecule has 0 atom stereocenters. The number of carboxylic acid groups (broad SMARTS) is 1. The number of nitrogens with one attached hydrogen (secondary N) is 1. The molecule has 0 fully saturated rings. The molecule has 0 saturated carbocycles. The fourth-order valence-corrected chi connectivity index (χ4v) is 1.90. The van der Waals surface area contributed by atoms with Crippen LogP contribution in [0.1, 0.15) is 26.4 Å². The maximum absolute atomic E-state index is 12.1. The maximum atomic E-state index is 12.1. The van der Waals surface area contributed by atoms with Crippen molar-refractivity contribution in [2.45, 2.75) is 6.92 Å². The van der Waals surface area contributed by atoms with E-state index < -0.39 is 11.9 Å². The van der Waals surface area contributed by atoms with Crippen LogP contribution in [0, 0.1) is 6.92 Å². The van der Waals surface area contributed by atoms with Gasteiger partial charge in [-0.05, 0) is 24.6 Å². The number of benzene rings is 1. The summed E-state index contributed by atoms with van der Waals surface area (Å²) in [6.45, 7) is 1.81. The zero-order valence-corrected chi connectivity index (χ0v) is 11.6. The number of amides is 1. The Morgan fingerprint density at radius 3 is 2.75 bits per heavy atom. The maximum Gasteiger partial charge on any atom is 0.357 e. The Morgan fingerprint density at radius 1 is 1.40 bits per heavy atom. The Labute approximate surface area is 120 Å². The van der Waals surface area contributed by atoms with Crippen LogP contribution in [0.25, 0.3) is 0 Å². The van der Waals surface area contributed by atoms with Crippen LogP contribution < -0.4 is 5.32 Å². The van der Waals surface area contributed by atoms with E-state index in [4.69, 9.17) is 16.7 Å². The number of carbonyl (C=O) groups excluding carboxylic acids is 1. The minimum absolute atomic E-state index is 0.000578. The van der Waals surface area contributed by atoms with Gasteiger partial charge in [-0.15, -0.1) is 0 Å². The molecule has 0 spiro atoms. The van der Waals surface area contributed by atoms with Crippen LogP contribution >= 0.6 is 11.6 Å². The van der Waals surface area contributed by atoms with Gasteiger partial charge >= 0.3 is 5.97 Å². The van der Waals surface area contributed by atoms with Crippen molar-refractivity contribution < 1.29 is 14.7 Å². The molecule has 2 aromatic rings. The largest absolute Gasteiger partial charge is 0.476 e. The highest BCUT2D eigenvalue weighted by atomic mass is 35.5. The summed E-state index contributed by atoms with van der Waals surface area (Å²) in [6.07, 6.45) is 1.36.